The number of anilines is 1. The smallest absolute Gasteiger partial charge is 0.139 e. The third kappa shape index (κ3) is 4.78. The van der Waals surface area contributed by atoms with Crippen molar-refractivity contribution in [3.63, 3.8) is 0 Å². The summed E-state index contributed by atoms with van der Waals surface area (Å²) in [5.41, 5.74) is 1.00. The number of fused-ring (bicyclic) bond motifs is 1. The van der Waals surface area contributed by atoms with Crippen molar-refractivity contribution in [1.82, 2.24) is 9.97 Å². The summed E-state index contributed by atoms with van der Waals surface area (Å²) in [7, 11) is 3.99. The molecular weight excluding hydrogens is 282 g/mol. The van der Waals surface area contributed by atoms with E-state index in [2.05, 4.69) is 29.5 Å². The van der Waals surface area contributed by atoms with E-state index in [1.54, 1.807) is 0 Å². The summed E-state index contributed by atoms with van der Waals surface area (Å²) >= 11 is 0. The first-order valence-electron chi connectivity index (χ1n) is 8.54. The molecule has 1 fully saturated rings. The number of aryl methyl sites for hydroxylation is 1. The molecule has 1 saturated carbocycles. The van der Waals surface area contributed by atoms with Gasteiger partial charge in [0.25, 0.3) is 0 Å². The van der Waals surface area contributed by atoms with Crippen LogP contribution in [0.25, 0.3) is 10.9 Å². The number of rotatable bonds is 2. The van der Waals surface area contributed by atoms with Crippen molar-refractivity contribution in [2.24, 2.45) is 11.8 Å². The molecule has 1 aliphatic carbocycles. The van der Waals surface area contributed by atoms with Gasteiger partial charge in [-0.25, -0.2) is 9.97 Å². The van der Waals surface area contributed by atoms with Crippen LogP contribution in [0.15, 0.2) is 36.9 Å². The van der Waals surface area contributed by atoms with E-state index in [9.17, 15) is 0 Å². The zero-order valence-corrected chi connectivity index (χ0v) is 14.9. The number of nitrogens with zero attached hydrogens (tertiary/aromatic N) is 3. The molecule has 0 unspecified atom stereocenters. The van der Waals surface area contributed by atoms with Gasteiger partial charge in [0.2, 0.25) is 0 Å². The molecule has 0 bridgehead atoms. The van der Waals surface area contributed by atoms with Gasteiger partial charge >= 0.3 is 0 Å². The van der Waals surface area contributed by atoms with Crippen LogP contribution in [-0.2, 0) is 0 Å². The number of benzene rings is 1. The highest BCUT2D eigenvalue weighted by Crippen LogP contribution is 2.28. The van der Waals surface area contributed by atoms with Crippen LogP contribution in [-0.4, -0.2) is 24.1 Å². The SMILES string of the molecule is C=CC1CCC(C)CC1.Cc1nc(N(C)C)c2ccccc2n1. The fraction of sp³-hybridized carbons (Fsp3) is 0.500. The summed E-state index contributed by atoms with van der Waals surface area (Å²) in [6, 6.07) is 8.06. The van der Waals surface area contributed by atoms with Crippen LogP contribution >= 0.6 is 0 Å². The fourth-order valence-corrected chi connectivity index (χ4v) is 3.04. The van der Waals surface area contributed by atoms with Crippen molar-refractivity contribution in [3.05, 3.63) is 42.7 Å². The van der Waals surface area contributed by atoms with Crippen LogP contribution in [0.2, 0.25) is 0 Å². The van der Waals surface area contributed by atoms with Gasteiger partial charge in [0.1, 0.15) is 11.6 Å². The molecule has 0 amide bonds. The van der Waals surface area contributed by atoms with E-state index in [4.69, 9.17) is 0 Å². The summed E-state index contributed by atoms with van der Waals surface area (Å²) in [6.45, 7) is 8.07. The second kappa shape index (κ2) is 8.09. The molecule has 0 N–H and O–H groups in total. The minimum atomic E-state index is 0.812. The lowest BCUT2D eigenvalue weighted by Gasteiger charge is -2.23. The number of allylic oxidation sites excluding steroid dienone is 1. The number of hydrogen-bond donors (Lipinski definition) is 0. The van der Waals surface area contributed by atoms with Crippen molar-refractivity contribution < 1.29 is 0 Å². The minimum Gasteiger partial charge on any atom is -0.362 e. The maximum atomic E-state index is 4.42. The Labute approximate surface area is 140 Å². The molecule has 23 heavy (non-hydrogen) atoms. The van der Waals surface area contributed by atoms with Gasteiger partial charge in [0.15, 0.2) is 0 Å². The molecular formula is C20H29N3. The lowest BCUT2D eigenvalue weighted by Crippen LogP contribution is -2.12. The van der Waals surface area contributed by atoms with Crippen molar-refractivity contribution in [2.45, 2.75) is 39.5 Å². The molecule has 1 aliphatic rings. The average Bonchev–Trinajstić information content (AvgIpc) is 2.55. The first kappa shape index (κ1) is 17.5. The molecule has 3 rings (SSSR count). The lowest BCUT2D eigenvalue weighted by molar-refractivity contribution is 0.331. The van der Waals surface area contributed by atoms with Gasteiger partial charge in [-0.15, -0.1) is 6.58 Å². The van der Waals surface area contributed by atoms with Crippen LogP contribution in [0, 0.1) is 18.8 Å². The normalized spacial score (nSPS) is 20.5. The molecule has 0 aliphatic heterocycles. The van der Waals surface area contributed by atoms with Gasteiger partial charge in [-0.2, -0.15) is 0 Å². The molecule has 1 aromatic carbocycles. The Bertz CT molecular complexity index is 640. The monoisotopic (exact) mass is 311 g/mol. The first-order valence-corrected chi connectivity index (χ1v) is 8.54. The number of hydrogen-bond acceptors (Lipinski definition) is 3. The van der Waals surface area contributed by atoms with Gasteiger partial charge in [-0.05, 0) is 43.7 Å². The van der Waals surface area contributed by atoms with Crippen molar-refractivity contribution in [1.29, 1.82) is 0 Å². The molecule has 0 saturated heterocycles. The molecule has 3 heteroatoms. The largest absolute Gasteiger partial charge is 0.362 e. The van der Waals surface area contributed by atoms with Crippen LogP contribution in [0.4, 0.5) is 5.82 Å². The Balaban J connectivity index is 0.000000185. The zero-order valence-electron chi connectivity index (χ0n) is 14.9. The Morgan fingerprint density at radius 2 is 1.74 bits per heavy atom. The van der Waals surface area contributed by atoms with E-state index < -0.39 is 0 Å². The molecule has 3 nitrogen and oxygen atoms in total. The van der Waals surface area contributed by atoms with E-state index in [1.165, 1.54) is 25.7 Å². The molecule has 0 spiro atoms. The average molecular weight is 311 g/mol. The van der Waals surface area contributed by atoms with Crippen molar-refractivity contribution >= 4 is 16.7 Å². The van der Waals surface area contributed by atoms with E-state index in [-0.39, 0.29) is 0 Å². The molecule has 1 heterocycles. The minimum absolute atomic E-state index is 0.812. The highest BCUT2D eigenvalue weighted by molar-refractivity contribution is 5.89. The third-order valence-corrected chi connectivity index (χ3v) is 4.51. The molecule has 0 atom stereocenters. The van der Waals surface area contributed by atoms with E-state index in [0.29, 0.717) is 0 Å². The van der Waals surface area contributed by atoms with Gasteiger partial charge in [0.05, 0.1) is 5.52 Å². The highest BCUT2D eigenvalue weighted by atomic mass is 15.1. The van der Waals surface area contributed by atoms with Crippen LogP contribution in [0.1, 0.15) is 38.4 Å². The highest BCUT2D eigenvalue weighted by Gasteiger charge is 2.14. The lowest BCUT2D eigenvalue weighted by atomic mass is 9.83. The Morgan fingerprint density at radius 1 is 1.09 bits per heavy atom. The second-order valence-corrected chi connectivity index (χ2v) is 6.76. The standard InChI is InChI=1S/C11H13N3.C9H16/c1-8-12-10-7-5-4-6-9(10)11(13-8)14(2)3;1-3-9-6-4-8(2)5-7-9/h4-7H,1-3H3;3,8-9H,1,4-7H2,2H3. The van der Waals surface area contributed by atoms with Crippen LogP contribution in [0.5, 0.6) is 0 Å². The van der Waals surface area contributed by atoms with Gasteiger partial charge in [0, 0.05) is 19.5 Å². The maximum absolute atomic E-state index is 4.42. The summed E-state index contributed by atoms with van der Waals surface area (Å²) in [4.78, 5) is 10.8. The fourth-order valence-electron chi connectivity index (χ4n) is 3.04. The van der Waals surface area contributed by atoms with E-state index in [0.717, 1.165) is 34.4 Å². The second-order valence-electron chi connectivity index (χ2n) is 6.76. The molecule has 2 aromatic rings. The predicted octanol–water partition coefficient (Wildman–Crippen LogP) is 5.00. The molecule has 0 radical (unpaired) electrons. The van der Waals surface area contributed by atoms with Crippen LogP contribution in [0.3, 0.4) is 0 Å². The van der Waals surface area contributed by atoms with E-state index >= 15 is 0 Å². The third-order valence-electron chi connectivity index (χ3n) is 4.51. The van der Waals surface area contributed by atoms with Gasteiger partial charge < -0.3 is 4.90 Å². The number of aromatic nitrogens is 2. The predicted molar refractivity (Wildman–Crippen MR) is 99.9 cm³/mol. The maximum Gasteiger partial charge on any atom is 0.139 e. The Morgan fingerprint density at radius 3 is 2.35 bits per heavy atom. The Hall–Kier alpha value is -1.90. The van der Waals surface area contributed by atoms with Crippen molar-refractivity contribution in [2.75, 3.05) is 19.0 Å². The summed E-state index contributed by atoms with van der Waals surface area (Å²) in [5, 5.41) is 1.10. The quantitative estimate of drug-likeness (QED) is 0.731. The summed E-state index contributed by atoms with van der Waals surface area (Å²) in [6.07, 6.45) is 7.70. The summed E-state index contributed by atoms with van der Waals surface area (Å²) in [5.74, 6) is 3.60. The summed E-state index contributed by atoms with van der Waals surface area (Å²) < 4.78 is 0. The van der Waals surface area contributed by atoms with Crippen LogP contribution < -0.4 is 4.90 Å². The topological polar surface area (TPSA) is 29.0 Å². The van der Waals surface area contributed by atoms with E-state index in [1.807, 2.05) is 50.2 Å². The molecule has 1 aromatic heterocycles. The first-order chi connectivity index (χ1) is 11.0. The molecule has 124 valence electrons. The van der Waals surface area contributed by atoms with Crippen molar-refractivity contribution in [3.8, 4) is 0 Å². The van der Waals surface area contributed by atoms with Gasteiger partial charge in [-0.3, -0.25) is 0 Å². The number of para-hydroxylation sites is 1. The van der Waals surface area contributed by atoms with Gasteiger partial charge in [-0.1, -0.05) is 38.0 Å². The zero-order chi connectivity index (χ0) is 16.8. The Kier molecular flexibility index (Phi) is 6.14.